The summed E-state index contributed by atoms with van der Waals surface area (Å²) < 4.78 is 16.0. The van der Waals surface area contributed by atoms with Crippen LogP contribution in [-0.4, -0.2) is 43.0 Å². The number of ether oxygens (including phenoxy) is 3. The maximum atomic E-state index is 13.3. The van der Waals surface area contributed by atoms with Gasteiger partial charge in [-0.15, -0.1) is 0 Å². The first-order chi connectivity index (χ1) is 17.3. The third-order valence-electron chi connectivity index (χ3n) is 5.88. The summed E-state index contributed by atoms with van der Waals surface area (Å²) >= 11 is 0. The number of ketones is 1. The van der Waals surface area contributed by atoms with Crippen LogP contribution >= 0.6 is 0 Å². The normalized spacial score (nSPS) is 16.6. The molecule has 1 saturated heterocycles. The number of non-ortho nitro benzene ring substituents is 1. The Bertz CT molecular complexity index is 1360. The minimum absolute atomic E-state index is 0.144. The summed E-state index contributed by atoms with van der Waals surface area (Å²) in [6, 6.07) is 15.4. The molecule has 1 N–H and O–H groups in total. The highest BCUT2D eigenvalue weighted by Gasteiger charge is 2.48. The summed E-state index contributed by atoms with van der Waals surface area (Å²) in [6.45, 7) is 0. The van der Waals surface area contributed by atoms with E-state index in [0.29, 0.717) is 28.5 Å². The molecule has 36 heavy (non-hydrogen) atoms. The molecule has 0 spiro atoms. The van der Waals surface area contributed by atoms with Crippen LogP contribution in [0.4, 0.5) is 11.4 Å². The molecule has 1 unspecified atom stereocenters. The van der Waals surface area contributed by atoms with Crippen molar-refractivity contribution >= 4 is 28.8 Å². The standard InChI is InChI=1S/C26H22N2O8/c1-34-18-10-8-16(9-11-18)27-23(20-13-12-19(35-2)14-21(20)36-3)22(25(30)26(27)31)24(29)15-4-6-17(7-5-15)28(32)33/h4-14,23,29H,1-3H3/b24-22+. The number of aliphatic hydroxyl groups excluding tert-OH is 1. The number of anilines is 1. The second-order valence-electron chi connectivity index (χ2n) is 7.78. The summed E-state index contributed by atoms with van der Waals surface area (Å²) in [4.78, 5) is 38.3. The molecule has 1 fully saturated rings. The molecule has 184 valence electrons. The summed E-state index contributed by atoms with van der Waals surface area (Å²) in [7, 11) is 4.44. The van der Waals surface area contributed by atoms with Crippen molar-refractivity contribution in [2.24, 2.45) is 0 Å². The van der Waals surface area contributed by atoms with Crippen LogP contribution < -0.4 is 19.1 Å². The number of amides is 1. The summed E-state index contributed by atoms with van der Waals surface area (Å²) in [5.74, 6) is -0.861. The second-order valence-corrected chi connectivity index (χ2v) is 7.78. The highest BCUT2D eigenvalue weighted by molar-refractivity contribution is 6.51. The Balaban J connectivity index is 1.95. The number of hydrogen-bond donors (Lipinski definition) is 1. The van der Waals surface area contributed by atoms with Crippen molar-refractivity contribution in [2.45, 2.75) is 6.04 Å². The van der Waals surface area contributed by atoms with Crippen molar-refractivity contribution in [3.8, 4) is 17.2 Å². The van der Waals surface area contributed by atoms with Gasteiger partial charge in [0.15, 0.2) is 0 Å². The number of carbonyl (C=O) groups excluding carboxylic acids is 2. The number of nitro groups is 1. The van der Waals surface area contributed by atoms with Crippen LogP contribution in [0, 0.1) is 10.1 Å². The van der Waals surface area contributed by atoms with E-state index in [4.69, 9.17) is 14.2 Å². The lowest BCUT2D eigenvalue weighted by Gasteiger charge is -2.27. The molecule has 3 aromatic carbocycles. The van der Waals surface area contributed by atoms with Gasteiger partial charge in [0.2, 0.25) is 0 Å². The Kier molecular flexibility index (Phi) is 6.60. The van der Waals surface area contributed by atoms with Crippen LogP contribution in [0.15, 0.2) is 72.3 Å². The topological polar surface area (TPSA) is 128 Å². The van der Waals surface area contributed by atoms with Crippen LogP contribution in [-0.2, 0) is 9.59 Å². The molecule has 0 aliphatic carbocycles. The number of methoxy groups -OCH3 is 3. The van der Waals surface area contributed by atoms with Gasteiger partial charge in [-0.25, -0.2) is 0 Å². The number of Topliss-reactive ketones (excluding diaryl/α,β-unsaturated/α-hetero) is 1. The molecule has 0 aromatic heterocycles. The van der Waals surface area contributed by atoms with Gasteiger partial charge < -0.3 is 19.3 Å². The fraction of sp³-hybridized carbons (Fsp3) is 0.154. The Morgan fingerprint density at radius 3 is 2.06 bits per heavy atom. The Hall–Kier alpha value is -4.86. The molecular weight excluding hydrogens is 468 g/mol. The number of nitrogens with zero attached hydrogens (tertiary/aromatic N) is 2. The molecule has 1 heterocycles. The quantitative estimate of drug-likeness (QED) is 0.171. The average Bonchev–Trinajstić information content (AvgIpc) is 3.17. The smallest absolute Gasteiger partial charge is 0.300 e. The van der Waals surface area contributed by atoms with E-state index in [2.05, 4.69) is 0 Å². The van der Waals surface area contributed by atoms with Gasteiger partial charge in [0.05, 0.1) is 37.9 Å². The fourth-order valence-electron chi connectivity index (χ4n) is 4.08. The zero-order valence-electron chi connectivity index (χ0n) is 19.6. The minimum atomic E-state index is -1.06. The maximum Gasteiger partial charge on any atom is 0.300 e. The van der Waals surface area contributed by atoms with E-state index in [1.54, 1.807) is 42.5 Å². The first-order valence-corrected chi connectivity index (χ1v) is 10.7. The van der Waals surface area contributed by atoms with Gasteiger partial charge in [0.1, 0.15) is 23.0 Å². The van der Waals surface area contributed by atoms with Crippen LogP contribution in [0.1, 0.15) is 17.2 Å². The van der Waals surface area contributed by atoms with Crippen molar-refractivity contribution in [3.05, 3.63) is 93.5 Å². The van der Waals surface area contributed by atoms with Gasteiger partial charge in [0, 0.05) is 35.0 Å². The van der Waals surface area contributed by atoms with E-state index in [9.17, 15) is 24.8 Å². The van der Waals surface area contributed by atoms with Crippen LogP contribution in [0.2, 0.25) is 0 Å². The molecule has 4 rings (SSSR count). The van der Waals surface area contributed by atoms with E-state index in [0.717, 1.165) is 0 Å². The molecule has 1 atom stereocenters. The van der Waals surface area contributed by atoms with E-state index < -0.39 is 28.4 Å². The van der Waals surface area contributed by atoms with Gasteiger partial charge in [-0.3, -0.25) is 24.6 Å². The Labute approximate surface area is 206 Å². The molecule has 1 amide bonds. The van der Waals surface area contributed by atoms with Crippen LogP contribution in [0.25, 0.3) is 5.76 Å². The molecule has 0 bridgehead atoms. The lowest BCUT2D eigenvalue weighted by molar-refractivity contribution is -0.384. The van der Waals surface area contributed by atoms with Gasteiger partial charge >= 0.3 is 0 Å². The highest BCUT2D eigenvalue weighted by Crippen LogP contribution is 2.46. The van der Waals surface area contributed by atoms with Gasteiger partial charge in [-0.2, -0.15) is 0 Å². The second kappa shape index (κ2) is 9.79. The summed E-state index contributed by atoms with van der Waals surface area (Å²) in [5.41, 5.74) is 0.595. The summed E-state index contributed by atoms with van der Waals surface area (Å²) in [5, 5.41) is 22.2. The fourth-order valence-corrected chi connectivity index (χ4v) is 4.08. The van der Waals surface area contributed by atoms with E-state index in [1.807, 2.05) is 0 Å². The highest BCUT2D eigenvalue weighted by atomic mass is 16.6. The number of aliphatic hydroxyl groups is 1. The monoisotopic (exact) mass is 490 g/mol. The Morgan fingerprint density at radius 2 is 1.50 bits per heavy atom. The number of nitro benzene ring substituents is 1. The lowest BCUT2D eigenvalue weighted by atomic mass is 9.94. The van der Waals surface area contributed by atoms with Crippen molar-refractivity contribution in [1.82, 2.24) is 0 Å². The Morgan fingerprint density at radius 1 is 0.889 bits per heavy atom. The van der Waals surface area contributed by atoms with Crippen molar-refractivity contribution < 1.29 is 33.8 Å². The first kappa shape index (κ1) is 24.3. The predicted octanol–water partition coefficient (Wildman–Crippen LogP) is 4.25. The SMILES string of the molecule is COc1ccc(N2C(=O)C(=O)/C(=C(/O)c3ccc([N+](=O)[O-])cc3)C2c2ccc(OC)cc2OC)cc1. The van der Waals surface area contributed by atoms with E-state index in [1.165, 1.54) is 50.5 Å². The number of benzene rings is 3. The molecule has 0 saturated carbocycles. The van der Waals surface area contributed by atoms with Crippen LogP contribution in [0.3, 0.4) is 0 Å². The van der Waals surface area contributed by atoms with Crippen molar-refractivity contribution in [1.29, 1.82) is 0 Å². The van der Waals surface area contributed by atoms with Gasteiger partial charge in [-0.1, -0.05) is 0 Å². The maximum absolute atomic E-state index is 13.3. The molecule has 3 aromatic rings. The van der Waals surface area contributed by atoms with Crippen molar-refractivity contribution in [2.75, 3.05) is 26.2 Å². The molecule has 10 nitrogen and oxygen atoms in total. The van der Waals surface area contributed by atoms with E-state index in [-0.39, 0.29) is 16.8 Å². The number of hydrogen-bond acceptors (Lipinski definition) is 8. The molecule has 1 aliphatic heterocycles. The largest absolute Gasteiger partial charge is 0.507 e. The van der Waals surface area contributed by atoms with Gasteiger partial charge in [-0.05, 0) is 48.5 Å². The molecule has 1 aliphatic rings. The zero-order valence-corrected chi connectivity index (χ0v) is 19.6. The molecule has 0 radical (unpaired) electrons. The molecule has 10 heteroatoms. The van der Waals surface area contributed by atoms with Gasteiger partial charge in [0.25, 0.3) is 17.4 Å². The summed E-state index contributed by atoms with van der Waals surface area (Å²) in [6.07, 6.45) is 0. The third-order valence-corrected chi connectivity index (χ3v) is 5.88. The first-order valence-electron chi connectivity index (χ1n) is 10.7. The van der Waals surface area contributed by atoms with Crippen molar-refractivity contribution in [3.63, 3.8) is 0 Å². The lowest BCUT2D eigenvalue weighted by Crippen LogP contribution is -2.29. The third kappa shape index (κ3) is 4.20. The predicted molar refractivity (Wildman–Crippen MR) is 130 cm³/mol. The van der Waals surface area contributed by atoms with Crippen LogP contribution in [0.5, 0.6) is 17.2 Å². The average molecular weight is 490 g/mol. The molecular formula is C26H22N2O8. The van der Waals surface area contributed by atoms with E-state index >= 15 is 0 Å². The zero-order chi connectivity index (χ0) is 26.0. The number of rotatable bonds is 7. The minimum Gasteiger partial charge on any atom is -0.507 e. The number of carbonyl (C=O) groups is 2.